The highest BCUT2D eigenvalue weighted by atomic mass is 16.5. The molecule has 0 saturated heterocycles. The summed E-state index contributed by atoms with van der Waals surface area (Å²) in [6.45, 7) is 3.72. The van der Waals surface area contributed by atoms with Crippen LogP contribution in [-0.4, -0.2) is 43.2 Å². The van der Waals surface area contributed by atoms with E-state index in [0.29, 0.717) is 11.3 Å². The van der Waals surface area contributed by atoms with E-state index in [-0.39, 0.29) is 30.9 Å². The van der Waals surface area contributed by atoms with Crippen molar-refractivity contribution in [1.82, 2.24) is 10.6 Å². The highest BCUT2D eigenvalue weighted by molar-refractivity contribution is 5.97. The Hall–Kier alpha value is -2.08. The van der Waals surface area contributed by atoms with Crippen LogP contribution in [0.2, 0.25) is 0 Å². The third-order valence-corrected chi connectivity index (χ3v) is 3.00. The van der Waals surface area contributed by atoms with E-state index in [2.05, 4.69) is 10.6 Å². The van der Waals surface area contributed by atoms with Gasteiger partial charge < -0.3 is 20.5 Å². The number of carbonyl (C=O) groups excluding carboxylic acids is 2. The molecule has 116 valence electrons. The number of aliphatic hydroxyl groups excluding tert-OH is 1. The number of nitrogens with one attached hydrogen (secondary N) is 2. The zero-order valence-electron chi connectivity index (χ0n) is 12.6. The number of hydrogen-bond acceptors (Lipinski definition) is 4. The first-order valence-electron chi connectivity index (χ1n) is 6.83. The van der Waals surface area contributed by atoms with Crippen LogP contribution in [0.4, 0.5) is 0 Å². The molecule has 1 aromatic rings. The van der Waals surface area contributed by atoms with Gasteiger partial charge in [0.2, 0.25) is 5.91 Å². The van der Waals surface area contributed by atoms with Crippen molar-refractivity contribution < 1.29 is 19.4 Å². The molecular formula is C15H22N2O4. The van der Waals surface area contributed by atoms with E-state index in [9.17, 15) is 9.59 Å². The van der Waals surface area contributed by atoms with Crippen molar-refractivity contribution in [2.24, 2.45) is 5.92 Å². The van der Waals surface area contributed by atoms with Gasteiger partial charge >= 0.3 is 0 Å². The molecule has 1 atom stereocenters. The topological polar surface area (TPSA) is 87.7 Å². The molecule has 6 heteroatoms. The largest absolute Gasteiger partial charge is 0.497 e. The second kappa shape index (κ2) is 8.26. The first kappa shape index (κ1) is 17.0. The van der Waals surface area contributed by atoms with Crippen LogP contribution >= 0.6 is 0 Å². The number of ether oxygens (including phenoxy) is 1. The molecule has 6 nitrogen and oxygen atoms in total. The number of hydrogen-bond donors (Lipinski definition) is 3. The third kappa shape index (κ3) is 5.07. The van der Waals surface area contributed by atoms with Gasteiger partial charge in [-0.15, -0.1) is 0 Å². The molecule has 0 heterocycles. The van der Waals surface area contributed by atoms with E-state index in [1.807, 2.05) is 13.8 Å². The Morgan fingerprint density at radius 2 is 1.86 bits per heavy atom. The molecule has 0 aliphatic heterocycles. The van der Waals surface area contributed by atoms with E-state index >= 15 is 0 Å². The summed E-state index contributed by atoms with van der Waals surface area (Å²) >= 11 is 0. The molecule has 1 aromatic carbocycles. The average Bonchev–Trinajstić information content (AvgIpc) is 2.49. The maximum absolute atomic E-state index is 12.2. The van der Waals surface area contributed by atoms with Gasteiger partial charge in [-0.3, -0.25) is 9.59 Å². The molecule has 0 fully saturated rings. The van der Waals surface area contributed by atoms with E-state index in [0.717, 1.165) is 0 Å². The molecule has 2 amide bonds. The minimum Gasteiger partial charge on any atom is -0.497 e. The van der Waals surface area contributed by atoms with Crippen LogP contribution in [0.25, 0.3) is 0 Å². The highest BCUT2D eigenvalue weighted by Crippen LogP contribution is 2.12. The lowest BCUT2D eigenvalue weighted by atomic mass is 10.0. The number of methoxy groups -OCH3 is 1. The van der Waals surface area contributed by atoms with Crippen molar-refractivity contribution in [2.45, 2.75) is 19.9 Å². The van der Waals surface area contributed by atoms with Crippen LogP contribution in [0, 0.1) is 5.92 Å². The number of carbonyl (C=O) groups is 2. The van der Waals surface area contributed by atoms with Crippen molar-refractivity contribution in [1.29, 1.82) is 0 Å². The lowest BCUT2D eigenvalue weighted by molar-refractivity contribution is -0.124. The maximum Gasteiger partial charge on any atom is 0.251 e. The van der Waals surface area contributed by atoms with Crippen molar-refractivity contribution in [3.63, 3.8) is 0 Å². The van der Waals surface area contributed by atoms with Crippen LogP contribution in [0.15, 0.2) is 24.3 Å². The van der Waals surface area contributed by atoms with Crippen molar-refractivity contribution >= 4 is 11.8 Å². The Morgan fingerprint density at radius 1 is 1.24 bits per heavy atom. The fourth-order valence-corrected chi connectivity index (χ4v) is 1.79. The molecule has 0 aliphatic carbocycles. The van der Waals surface area contributed by atoms with Crippen molar-refractivity contribution in [3.8, 4) is 5.75 Å². The summed E-state index contributed by atoms with van der Waals surface area (Å²) in [6, 6.07) is 6.00. The predicted octanol–water partition coefficient (Wildman–Crippen LogP) is 0.558. The summed E-state index contributed by atoms with van der Waals surface area (Å²) in [5, 5.41) is 14.0. The summed E-state index contributed by atoms with van der Waals surface area (Å²) < 4.78 is 5.03. The maximum atomic E-state index is 12.2. The fraction of sp³-hybridized carbons (Fsp3) is 0.467. The van der Waals surface area contributed by atoms with Crippen LogP contribution < -0.4 is 15.4 Å². The quantitative estimate of drug-likeness (QED) is 0.685. The second-order valence-corrected chi connectivity index (χ2v) is 4.94. The second-order valence-electron chi connectivity index (χ2n) is 4.94. The zero-order valence-corrected chi connectivity index (χ0v) is 12.6. The SMILES string of the molecule is COc1ccc(C(=O)NC(C(=O)NCCO)C(C)C)cc1. The number of aliphatic hydroxyl groups is 1. The molecule has 0 aliphatic rings. The molecule has 3 N–H and O–H groups in total. The van der Waals surface area contributed by atoms with E-state index in [1.54, 1.807) is 31.4 Å². The van der Waals surface area contributed by atoms with Gasteiger partial charge in [0.15, 0.2) is 0 Å². The highest BCUT2D eigenvalue weighted by Gasteiger charge is 2.24. The molecular weight excluding hydrogens is 272 g/mol. The minimum absolute atomic E-state index is 0.0640. The smallest absolute Gasteiger partial charge is 0.251 e. The molecule has 0 aromatic heterocycles. The third-order valence-electron chi connectivity index (χ3n) is 3.00. The number of benzene rings is 1. The number of rotatable bonds is 7. The van der Waals surface area contributed by atoms with Gasteiger partial charge in [-0.2, -0.15) is 0 Å². The lowest BCUT2D eigenvalue weighted by Crippen LogP contribution is -2.50. The van der Waals surface area contributed by atoms with Crippen LogP contribution in [-0.2, 0) is 4.79 Å². The summed E-state index contributed by atoms with van der Waals surface area (Å²) in [7, 11) is 1.55. The van der Waals surface area contributed by atoms with Crippen LogP contribution in [0.5, 0.6) is 5.75 Å². The van der Waals surface area contributed by atoms with Gasteiger partial charge in [-0.05, 0) is 30.2 Å². The van der Waals surface area contributed by atoms with Crippen molar-refractivity contribution in [2.75, 3.05) is 20.3 Å². The fourth-order valence-electron chi connectivity index (χ4n) is 1.79. The van der Waals surface area contributed by atoms with Gasteiger partial charge in [-0.1, -0.05) is 13.8 Å². The average molecular weight is 294 g/mol. The zero-order chi connectivity index (χ0) is 15.8. The monoisotopic (exact) mass is 294 g/mol. The molecule has 21 heavy (non-hydrogen) atoms. The standard InChI is InChI=1S/C15H22N2O4/c1-10(2)13(15(20)16-8-9-18)17-14(19)11-4-6-12(21-3)7-5-11/h4-7,10,13,18H,8-9H2,1-3H3,(H,16,20)(H,17,19). The first-order chi connectivity index (χ1) is 9.99. The summed E-state index contributed by atoms with van der Waals surface area (Å²) in [5.74, 6) is -0.0325. The first-order valence-corrected chi connectivity index (χ1v) is 6.83. The molecule has 0 spiro atoms. The van der Waals surface area contributed by atoms with Crippen LogP contribution in [0.3, 0.4) is 0 Å². The van der Waals surface area contributed by atoms with Crippen molar-refractivity contribution in [3.05, 3.63) is 29.8 Å². The molecule has 1 unspecified atom stereocenters. The van der Waals surface area contributed by atoms with Gasteiger partial charge in [0, 0.05) is 12.1 Å². The van der Waals surface area contributed by atoms with E-state index in [4.69, 9.17) is 9.84 Å². The van der Waals surface area contributed by atoms with Gasteiger partial charge in [0.05, 0.1) is 13.7 Å². The summed E-state index contributed by atoms with van der Waals surface area (Å²) in [4.78, 5) is 24.1. The Bertz CT molecular complexity index is 471. The van der Waals surface area contributed by atoms with Gasteiger partial charge in [0.1, 0.15) is 11.8 Å². The lowest BCUT2D eigenvalue weighted by Gasteiger charge is -2.21. The van der Waals surface area contributed by atoms with E-state index < -0.39 is 6.04 Å². The Balaban J connectivity index is 2.73. The van der Waals surface area contributed by atoms with Gasteiger partial charge in [0.25, 0.3) is 5.91 Å². The molecule has 0 radical (unpaired) electrons. The molecule has 0 saturated carbocycles. The summed E-state index contributed by atoms with van der Waals surface area (Å²) in [6.07, 6.45) is 0. The van der Waals surface area contributed by atoms with E-state index in [1.165, 1.54) is 0 Å². The van der Waals surface area contributed by atoms with Crippen LogP contribution in [0.1, 0.15) is 24.2 Å². The van der Waals surface area contributed by atoms with Gasteiger partial charge in [-0.25, -0.2) is 0 Å². The molecule has 1 rings (SSSR count). The Labute approximate surface area is 124 Å². The minimum atomic E-state index is -0.647. The number of amides is 2. The molecule has 0 bridgehead atoms. The Kier molecular flexibility index (Phi) is 6.68. The Morgan fingerprint density at radius 3 is 2.33 bits per heavy atom. The predicted molar refractivity (Wildman–Crippen MR) is 79.2 cm³/mol. The normalized spacial score (nSPS) is 11.9. The summed E-state index contributed by atoms with van der Waals surface area (Å²) in [5.41, 5.74) is 0.455.